The van der Waals surface area contributed by atoms with E-state index in [9.17, 15) is 5.11 Å². The molecular formula is C18H20N2O2. The quantitative estimate of drug-likeness (QED) is 0.946. The summed E-state index contributed by atoms with van der Waals surface area (Å²) in [5.41, 5.74) is 3.78. The average Bonchev–Trinajstić information content (AvgIpc) is 3.21. The first-order valence-corrected chi connectivity index (χ1v) is 7.91. The minimum Gasteiger partial charge on any atom is -0.506 e. The van der Waals surface area contributed by atoms with Crippen molar-refractivity contribution in [2.75, 3.05) is 13.1 Å². The smallest absolute Gasteiger partial charge is 0.144 e. The third-order valence-corrected chi connectivity index (χ3v) is 4.62. The maximum absolute atomic E-state index is 10.6. The second kappa shape index (κ2) is 5.71. The number of nitrogens with zero attached hydrogens (tertiary/aromatic N) is 2. The van der Waals surface area contributed by atoms with Gasteiger partial charge >= 0.3 is 0 Å². The molecule has 0 bridgehead atoms. The number of fused-ring (bicyclic) bond motifs is 1. The predicted octanol–water partition coefficient (Wildman–Crippen LogP) is 3.00. The van der Waals surface area contributed by atoms with Crippen LogP contribution in [0, 0.1) is 0 Å². The monoisotopic (exact) mass is 296 g/mol. The Morgan fingerprint density at radius 1 is 1.18 bits per heavy atom. The standard InChI is InChI=1S/C18H20N2O2/c21-17-15-12-22-18(13-6-2-1-3-7-13)14(15)10-19-16(17)11-20-8-4-5-9-20/h1-3,6-7,10,18,21H,4-5,8-9,11-12H2. The maximum Gasteiger partial charge on any atom is 0.144 e. The minimum atomic E-state index is -0.115. The van der Waals surface area contributed by atoms with Gasteiger partial charge in [-0.3, -0.25) is 9.88 Å². The molecule has 1 unspecified atom stereocenters. The molecule has 0 radical (unpaired) electrons. The second-order valence-corrected chi connectivity index (χ2v) is 6.07. The number of ether oxygens (including phenoxy) is 1. The molecule has 114 valence electrons. The first-order valence-electron chi connectivity index (χ1n) is 7.91. The van der Waals surface area contributed by atoms with Crippen LogP contribution in [0.3, 0.4) is 0 Å². The maximum atomic E-state index is 10.6. The Labute approximate surface area is 130 Å². The topological polar surface area (TPSA) is 45.6 Å². The lowest BCUT2D eigenvalue weighted by molar-refractivity contribution is 0.0932. The summed E-state index contributed by atoms with van der Waals surface area (Å²) in [6, 6.07) is 10.1. The van der Waals surface area contributed by atoms with E-state index in [1.54, 1.807) is 0 Å². The molecule has 0 aliphatic carbocycles. The van der Waals surface area contributed by atoms with E-state index >= 15 is 0 Å². The summed E-state index contributed by atoms with van der Waals surface area (Å²) in [7, 11) is 0. The second-order valence-electron chi connectivity index (χ2n) is 6.07. The molecule has 2 aromatic rings. The molecule has 4 rings (SSSR count). The molecule has 22 heavy (non-hydrogen) atoms. The van der Waals surface area contributed by atoms with Crippen molar-refractivity contribution in [3.05, 3.63) is 58.9 Å². The van der Waals surface area contributed by atoms with E-state index in [-0.39, 0.29) is 6.10 Å². The lowest BCUT2D eigenvalue weighted by Crippen LogP contribution is -2.19. The molecule has 4 nitrogen and oxygen atoms in total. The van der Waals surface area contributed by atoms with Crippen LogP contribution in [0.25, 0.3) is 0 Å². The van der Waals surface area contributed by atoms with Gasteiger partial charge in [0.15, 0.2) is 0 Å². The third kappa shape index (κ3) is 2.38. The fraction of sp³-hybridized carbons (Fsp3) is 0.389. The van der Waals surface area contributed by atoms with E-state index < -0.39 is 0 Å². The van der Waals surface area contributed by atoms with Gasteiger partial charge in [-0.15, -0.1) is 0 Å². The first-order chi connectivity index (χ1) is 10.8. The van der Waals surface area contributed by atoms with Crippen molar-refractivity contribution < 1.29 is 9.84 Å². The van der Waals surface area contributed by atoms with Gasteiger partial charge < -0.3 is 9.84 Å². The van der Waals surface area contributed by atoms with Crippen molar-refractivity contribution in [1.29, 1.82) is 0 Å². The number of likely N-dealkylation sites (tertiary alicyclic amines) is 1. The van der Waals surface area contributed by atoms with E-state index in [4.69, 9.17) is 4.74 Å². The van der Waals surface area contributed by atoms with Crippen LogP contribution in [0.15, 0.2) is 36.5 Å². The lowest BCUT2D eigenvalue weighted by Gasteiger charge is -2.16. The van der Waals surface area contributed by atoms with Gasteiger partial charge in [0, 0.05) is 23.9 Å². The molecule has 2 aliphatic heterocycles. The molecule has 1 aromatic carbocycles. The molecule has 0 amide bonds. The zero-order valence-electron chi connectivity index (χ0n) is 12.5. The molecule has 1 N–H and O–H groups in total. The van der Waals surface area contributed by atoms with Crippen LogP contribution in [0.4, 0.5) is 0 Å². The van der Waals surface area contributed by atoms with Gasteiger partial charge in [0.2, 0.25) is 0 Å². The zero-order chi connectivity index (χ0) is 14.9. The van der Waals surface area contributed by atoms with E-state index in [2.05, 4.69) is 22.0 Å². The number of hydrogen-bond acceptors (Lipinski definition) is 4. The number of benzene rings is 1. The van der Waals surface area contributed by atoms with Crippen LogP contribution in [0.2, 0.25) is 0 Å². The SMILES string of the molecule is Oc1c(CN2CCCC2)ncc2c1COC2c1ccccc1. The Hall–Kier alpha value is -1.91. The Balaban J connectivity index is 1.63. The van der Waals surface area contributed by atoms with Crippen LogP contribution in [-0.4, -0.2) is 28.1 Å². The highest BCUT2D eigenvalue weighted by Gasteiger charge is 2.29. The molecule has 1 fully saturated rings. The van der Waals surface area contributed by atoms with E-state index in [0.717, 1.165) is 42.0 Å². The summed E-state index contributed by atoms with van der Waals surface area (Å²) in [6.45, 7) is 3.38. The highest BCUT2D eigenvalue weighted by Crippen LogP contribution is 2.40. The van der Waals surface area contributed by atoms with Crippen molar-refractivity contribution >= 4 is 0 Å². The minimum absolute atomic E-state index is 0.115. The van der Waals surface area contributed by atoms with Gasteiger partial charge in [-0.25, -0.2) is 0 Å². The lowest BCUT2D eigenvalue weighted by atomic mass is 10.00. The van der Waals surface area contributed by atoms with Crippen LogP contribution >= 0.6 is 0 Å². The number of aromatic hydroxyl groups is 1. The predicted molar refractivity (Wildman–Crippen MR) is 83.5 cm³/mol. The largest absolute Gasteiger partial charge is 0.506 e. The van der Waals surface area contributed by atoms with Crippen molar-refractivity contribution in [3.63, 3.8) is 0 Å². The van der Waals surface area contributed by atoms with E-state index in [0.29, 0.717) is 12.4 Å². The summed E-state index contributed by atoms with van der Waals surface area (Å²) >= 11 is 0. The number of rotatable bonds is 3. The number of hydrogen-bond donors (Lipinski definition) is 1. The van der Waals surface area contributed by atoms with Gasteiger partial charge in [-0.1, -0.05) is 30.3 Å². The summed E-state index contributed by atoms with van der Waals surface area (Å²) in [4.78, 5) is 6.86. The van der Waals surface area contributed by atoms with Gasteiger partial charge in [-0.05, 0) is 31.5 Å². The Morgan fingerprint density at radius 3 is 2.73 bits per heavy atom. The summed E-state index contributed by atoms with van der Waals surface area (Å²) in [5, 5.41) is 10.6. The first kappa shape index (κ1) is 13.7. The summed E-state index contributed by atoms with van der Waals surface area (Å²) in [6.07, 6.45) is 4.25. The molecule has 1 atom stereocenters. The van der Waals surface area contributed by atoms with Crippen LogP contribution < -0.4 is 0 Å². The Morgan fingerprint density at radius 2 is 1.95 bits per heavy atom. The fourth-order valence-corrected chi connectivity index (χ4v) is 3.40. The zero-order valence-corrected chi connectivity index (χ0v) is 12.5. The fourth-order valence-electron chi connectivity index (χ4n) is 3.40. The van der Waals surface area contributed by atoms with Crippen molar-refractivity contribution in [2.45, 2.75) is 32.1 Å². The molecule has 0 saturated carbocycles. The number of pyridine rings is 1. The molecule has 0 spiro atoms. The molecular weight excluding hydrogens is 276 g/mol. The molecule has 4 heteroatoms. The molecule has 2 aliphatic rings. The molecule has 1 aromatic heterocycles. The molecule has 1 saturated heterocycles. The number of aromatic nitrogens is 1. The third-order valence-electron chi connectivity index (χ3n) is 4.62. The van der Waals surface area contributed by atoms with Crippen molar-refractivity contribution in [3.8, 4) is 5.75 Å². The highest BCUT2D eigenvalue weighted by atomic mass is 16.5. The van der Waals surface area contributed by atoms with Crippen LogP contribution in [0.1, 0.15) is 41.3 Å². The van der Waals surface area contributed by atoms with Gasteiger partial charge in [0.25, 0.3) is 0 Å². The Kier molecular flexibility index (Phi) is 3.56. The van der Waals surface area contributed by atoms with Crippen LogP contribution in [-0.2, 0) is 17.9 Å². The van der Waals surface area contributed by atoms with Gasteiger partial charge in [0.05, 0.1) is 12.3 Å². The van der Waals surface area contributed by atoms with E-state index in [1.807, 2.05) is 24.4 Å². The normalized spacial score (nSPS) is 21.2. The van der Waals surface area contributed by atoms with Gasteiger partial charge in [0.1, 0.15) is 11.9 Å². The molecule has 3 heterocycles. The van der Waals surface area contributed by atoms with Crippen molar-refractivity contribution in [1.82, 2.24) is 9.88 Å². The van der Waals surface area contributed by atoms with Crippen LogP contribution in [0.5, 0.6) is 5.75 Å². The summed E-state index contributed by atoms with van der Waals surface area (Å²) in [5.74, 6) is 0.322. The summed E-state index contributed by atoms with van der Waals surface area (Å²) < 4.78 is 5.90. The van der Waals surface area contributed by atoms with Crippen molar-refractivity contribution in [2.24, 2.45) is 0 Å². The Bertz CT molecular complexity index is 666. The highest BCUT2D eigenvalue weighted by molar-refractivity contribution is 5.46. The van der Waals surface area contributed by atoms with Gasteiger partial charge in [-0.2, -0.15) is 0 Å². The van der Waals surface area contributed by atoms with E-state index in [1.165, 1.54) is 12.8 Å². The average molecular weight is 296 g/mol.